The molecule has 1 nitrogen and oxygen atoms in total. The van der Waals surface area contributed by atoms with Crippen LogP contribution in [-0.2, 0) is 0 Å². The third-order valence-corrected chi connectivity index (χ3v) is 3.05. The van der Waals surface area contributed by atoms with E-state index in [1.165, 1.54) is 25.9 Å². The van der Waals surface area contributed by atoms with Crippen molar-refractivity contribution < 1.29 is 0 Å². The molecule has 0 saturated carbocycles. The van der Waals surface area contributed by atoms with E-state index in [2.05, 4.69) is 25.0 Å². The van der Waals surface area contributed by atoms with Crippen molar-refractivity contribution in [1.82, 2.24) is 4.57 Å². The molecule has 0 bridgehead atoms. The van der Waals surface area contributed by atoms with Crippen molar-refractivity contribution in [1.29, 1.82) is 0 Å². The molecule has 0 N–H and O–H groups in total. The highest BCUT2D eigenvalue weighted by Gasteiger charge is 1.96. The number of hydrogen-bond donors (Lipinski definition) is 0. The van der Waals surface area contributed by atoms with Crippen LogP contribution in [0.3, 0.4) is 0 Å². The smallest absolute Gasteiger partial charge is 0.0919 e. The summed E-state index contributed by atoms with van der Waals surface area (Å²) in [6, 6.07) is 0. The lowest BCUT2D eigenvalue weighted by Crippen LogP contribution is -2.27. The maximum Gasteiger partial charge on any atom is 0.0919 e. The fourth-order valence-corrected chi connectivity index (χ4v) is 2.33. The van der Waals surface area contributed by atoms with Crippen molar-refractivity contribution in [2.75, 3.05) is 13.1 Å². The maximum absolute atomic E-state index is 2.62. The van der Waals surface area contributed by atoms with E-state index in [0.29, 0.717) is 0 Å². The fraction of sp³-hybridized carbons (Fsp3) is 1.00. The molecule has 0 atom stereocenters. The van der Waals surface area contributed by atoms with E-state index in [1.54, 1.807) is 0 Å². The highest BCUT2D eigenvalue weighted by molar-refractivity contribution is 6.29. The molecule has 0 aliphatic heterocycles. The van der Waals surface area contributed by atoms with Crippen LogP contribution in [0.2, 0.25) is 6.55 Å². The Labute approximate surface area is 61.3 Å². The third-order valence-electron chi connectivity index (χ3n) is 1.53. The van der Waals surface area contributed by atoms with E-state index in [-0.39, 0.29) is 9.68 Å². The molecular formula is C7H19NSi. The minimum atomic E-state index is 0.139. The predicted molar refractivity (Wildman–Crippen MR) is 46.6 cm³/mol. The van der Waals surface area contributed by atoms with Crippen molar-refractivity contribution in [3.63, 3.8) is 0 Å². The maximum atomic E-state index is 2.62. The van der Waals surface area contributed by atoms with Crippen LogP contribution in [0.15, 0.2) is 0 Å². The Balaban J connectivity index is 3.18. The van der Waals surface area contributed by atoms with Gasteiger partial charge in [-0.25, -0.2) is 0 Å². The zero-order chi connectivity index (χ0) is 7.11. The second kappa shape index (κ2) is 6.30. The zero-order valence-electron chi connectivity index (χ0n) is 6.98. The molecule has 0 heterocycles. The Morgan fingerprint density at radius 1 is 1.11 bits per heavy atom. The van der Waals surface area contributed by atoms with Gasteiger partial charge in [0.1, 0.15) is 0 Å². The molecule has 0 unspecified atom stereocenters. The van der Waals surface area contributed by atoms with E-state index in [4.69, 9.17) is 0 Å². The molecule has 56 valence electrons. The average molecular weight is 145 g/mol. The van der Waals surface area contributed by atoms with E-state index in [1.807, 2.05) is 0 Å². The van der Waals surface area contributed by atoms with Gasteiger partial charge >= 0.3 is 0 Å². The van der Waals surface area contributed by atoms with Gasteiger partial charge in [0.2, 0.25) is 0 Å². The molecule has 2 heteroatoms. The van der Waals surface area contributed by atoms with Gasteiger partial charge in [0.15, 0.2) is 0 Å². The first-order valence-corrected chi connectivity index (χ1v) is 6.12. The topological polar surface area (TPSA) is 3.24 Å². The summed E-state index contributed by atoms with van der Waals surface area (Å²) in [5, 5.41) is 0. The summed E-state index contributed by atoms with van der Waals surface area (Å²) in [7, 11) is 0.139. The second-order valence-electron chi connectivity index (χ2n) is 2.43. The van der Waals surface area contributed by atoms with Crippen LogP contribution in [0.1, 0.15) is 26.7 Å². The molecule has 0 aromatic carbocycles. The van der Waals surface area contributed by atoms with Gasteiger partial charge in [-0.05, 0) is 25.9 Å². The molecular weight excluding hydrogens is 126 g/mol. The Kier molecular flexibility index (Phi) is 6.42. The lowest BCUT2D eigenvalue weighted by Gasteiger charge is -2.17. The van der Waals surface area contributed by atoms with Gasteiger partial charge in [-0.1, -0.05) is 20.4 Å². The van der Waals surface area contributed by atoms with Crippen molar-refractivity contribution in [3.05, 3.63) is 0 Å². The first-order chi connectivity index (χ1) is 4.35. The van der Waals surface area contributed by atoms with Crippen LogP contribution in [0, 0.1) is 0 Å². The largest absolute Gasteiger partial charge is 0.329 e. The third kappa shape index (κ3) is 4.67. The average Bonchev–Trinajstić information content (AvgIpc) is 1.88. The van der Waals surface area contributed by atoms with Gasteiger partial charge in [-0.3, -0.25) is 0 Å². The summed E-state index contributed by atoms with van der Waals surface area (Å²) >= 11 is 0. The zero-order valence-corrected chi connectivity index (χ0v) is 8.40. The normalized spacial score (nSPS) is 12.0. The fourth-order valence-electron chi connectivity index (χ4n) is 1.06. The lowest BCUT2D eigenvalue weighted by atomic mass is 10.4. The first-order valence-electron chi connectivity index (χ1n) is 4.07. The van der Waals surface area contributed by atoms with E-state index in [9.17, 15) is 0 Å². The van der Waals surface area contributed by atoms with Gasteiger partial charge in [0, 0.05) is 0 Å². The lowest BCUT2D eigenvalue weighted by molar-refractivity contribution is 0.442. The standard InChI is InChI=1S/C7H19NSi/c1-4-6-8(9-3)7-5-2/h4-7,9H2,1-3H3. The molecule has 0 aliphatic carbocycles. The Hall–Kier alpha value is 0.177. The summed E-state index contributed by atoms with van der Waals surface area (Å²) in [4.78, 5) is 0. The molecule has 9 heavy (non-hydrogen) atoms. The van der Waals surface area contributed by atoms with Gasteiger partial charge in [0.05, 0.1) is 9.68 Å². The van der Waals surface area contributed by atoms with Crippen LogP contribution >= 0.6 is 0 Å². The predicted octanol–water partition coefficient (Wildman–Crippen LogP) is 1.24. The van der Waals surface area contributed by atoms with Gasteiger partial charge < -0.3 is 4.57 Å². The minimum absolute atomic E-state index is 0.139. The molecule has 0 aliphatic rings. The quantitative estimate of drug-likeness (QED) is 0.526. The monoisotopic (exact) mass is 145 g/mol. The van der Waals surface area contributed by atoms with Gasteiger partial charge in [-0.15, -0.1) is 0 Å². The van der Waals surface area contributed by atoms with Crippen molar-refractivity contribution in [2.45, 2.75) is 33.2 Å². The molecule has 0 spiro atoms. The van der Waals surface area contributed by atoms with E-state index < -0.39 is 0 Å². The molecule has 0 radical (unpaired) electrons. The van der Waals surface area contributed by atoms with Crippen LogP contribution in [0.4, 0.5) is 0 Å². The summed E-state index contributed by atoms with van der Waals surface area (Å²) in [6.45, 7) is 9.54. The van der Waals surface area contributed by atoms with Crippen molar-refractivity contribution >= 4 is 9.68 Å². The highest BCUT2D eigenvalue weighted by atomic mass is 28.2. The van der Waals surface area contributed by atoms with E-state index in [0.717, 1.165) is 0 Å². The number of nitrogens with zero attached hydrogens (tertiary/aromatic N) is 1. The second-order valence-corrected chi connectivity index (χ2v) is 3.96. The number of hydrogen-bond acceptors (Lipinski definition) is 1. The Morgan fingerprint density at radius 3 is 1.78 bits per heavy atom. The van der Waals surface area contributed by atoms with Gasteiger partial charge in [0.25, 0.3) is 0 Å². The van der Waals surface area contributed by atoms with Crippen LogP contribution in [0.5, 0.6) is 0 Å². The molecule has 0 aromatic rings. The van der Waals surface area contributed by atoms with Crippen LogP contribution in [-0.4, -0.2) is 27.3 Å². The summed E-state index contributed by atoms with van der Waals surface area (Å²) in [6.07, 6.45) is 2.64. The summed E-state index contributed by atoms with van der Waals surface area (Å²) in [5.74, 6) is 0. The first kappa shape index (κ1) is 9.18. The van der Waals surface area contributed by atoms with Gasteiger partial charge in [-0.2, -0.15) is 0 Å². The highest BCUT2D eigenvalue weighted by Crippen LogP contribution is 1.90. The Bertz CT molecular complexity index is 50.9. The minimum Gasteiger partial charge on any atom is -0.329 e. The van der Waals surface area contributed by atoms with Crippen LogP contribution < -0.4 is 0 Å². The summed E-state index contributed by atoms with van der Waals surface area (Å²) in [5.41, 5.74) is 0. The molecule has 0 rings (SSSR count). The number of rotatable bonds is 5. The van der Waals surface area contributed by atoms with Crippen molar-refractivity contribution in [3.8, 4) is 0 Å². The molecule has 0 saturated heterocycles. The molecule has 0 fully saturated rings. The summed E-state index contributed by atoms with van der Waals surface area (Å²) < 4.78 is 2.62. The van der Waals surface area contributed by atoms with Crippen molar-refractivity contribution in [2.24, 2.45) is 0 Å². The SMILES string of the molecule is CCCN(CCC)[SiH2]C. The molecule has 0 amide bonds. The Morgan fingerprint density at radius 2 is 1.56 bits per heavy atom. The molecule has 0 aromatic heterocycles. The van der Waals surface area contributed by atoms with E-state index >= 15 is 0 Å². The van der Waals surface area contributed by atoms with Crippen LogP contribution in [0.25, 0.3) is 0 Å².